The van der Waals surface area contributed by atoms with Gasteiger partial charge in [-0.2, -0.15) is 11.3 Å². The molecule has 0 bridgehead atoms. The third-order valence-electron chi connectivity index (χ3n) is 4.06. The van der Waals surface area contributed by atoms with E-state index in [-0.39, 0.29) is 11.9 Å². The maximum Gasteiger partial charge on any atom is 0.273 e. The van der Waals surface area contributed by atoms with Gasteiger partial charge < -0.3 is 4.90 Å². The molecule has 0 aliphatic carbocycles. The van der Waals surface area contributed by atoms with E-state index in [0.29, 0.717) is 5.69 Å². The number of rotatable bonds is 4. The topological polar surface area (TPSA) is 46.1 Å². The SMILES string of the molecule is C[C@@H](c1nc2ccccc2s1)N(C)C(=O)c1csc(-c2ccsc2)n1. The van der Waals surface area contributed by atoms with Gasteiger partial charge in [0.2, 0.25) is 0 Å². The second kappa shape index (κ2) is 6.67. The molecule has 25 heavy (non-hydrogen) atoms. The van der Waals surface area contributed by atoms with Crippen LogP contribution < -0.4 is 0 Å². The molecule has 7 heteroatoms. The van der Waals surface area contributed by atoms with Crippen molar-refractivity contribution in [3.63, 3.8) is 0 Å². The molecule has 0 fully saturated rings. The van der Waals surface area contributed by atoms with Crippen LogP contribution in [0.1, 0.15) is 28.5 Å². The lowest BCUT2D eigenvalue weighted by molar-refractivity contribution is 0.0737. The molecule has 4 rings (SSSR count). The molecular formula is C18H15N3OS3. The summed E-state index contributed by atoms with van der Waals surface area (Å²) < 4.78 is 1.14. The molecule has 0 saturated carbocycles. The molecule has 0 aliphatic rings. The van der Waals surface area contributed by atoms with Crippen LogP contribution in [0.5, 0.6) is 0 Å². The summed E-state index contributed by atoms with van der Waals surface area (Å²) in [4.78, 5) is 23.7. The molecule has 0 unspecified atom stereocenters. The summed E-state index contributed by atoms with van der Waals surface area (Å²) in [5.74, 6) is -0.0792. The molecule has 0 saturated heterocycles. The Morgan fingerprint density at radius 3 is 2.76 bits per heavy atom. The summed E-state index contributed by atoms with van der Waals surface area (Å²) in [6.45, 7) is 2.00. The van der Waals surface area contributed by atoms with Crippen LogP contribution in [0.2, 0.25) is 0 Å². The molecule has 1 aromatic carbocycles. The molecule has 3 aromatic heterocycles. The minimum Gasteiger partial charge on any atom is -0.331 e. The van der Waals surface area contributed by atoms with Crippen molar-refractivity contribution in [1.29, 1.82) is 0 Å². The molecule has 0 N–H and O–H groups in total. The zero-order valence-electron chi connectivity index (χ0n) is 13.7. The summed E-state index contributed by atoms with van der Waals surface area (Å²) in [5, 5.41) is 7.70. The fourth-order valence-corrected chi connectivity index (χ4v) is 5.05. The van der Waals surface area contributed by atoms with E-state index in [1.54, 1.807) is 27.6 Å². The Kier molecular flexibility index (Phi) is 4.37. The number of carbonyl (C=O) groups is 1. The zero-order valence-corrected chi connectivity index (χ0v) is 16.1. The first kappa shape index (κ1) is 16.4. The van der Waals surface area contributed by atoms with E-state index in [9.17, 15) is 4.79 Å². The standard InChI is InChI=1S/C18H15N3OS3/c1-11(16-19-13-5-3-4-6-15(13)25-16)21(2)18(22)14-10-24-17(20-14)12-7-8-23-9-12/h3-11H,1-2H3/t11-/m0/s1. The summed E-state index contributed by atoms with van der Waals surface area (Å²) in [6, 6.07) is 9.95. The quantitative estimate of drug-likeness (QED) is 0.478. The van der Waals surface area contributed by atoms with Crippen molar-refractivity contribution in [2.24, 2.45) is 0 Å². The summed E-state index contributed by atoms with van der Waals surface area (Å²) in [6.07, 6.45) is 0. The summed E-state index contributed by atoms with van der Waals surface area (Å²) >= 11 is 4.75. The van der Waals surface area contributed by atoms with Gasteiger partial charge in [-0.15, -0.1) is 22.7 Å². The van der Waals surface area contributed by atoms with Crippen LogP contribution in [0.25, 0.3) is 20.8 Å². The van der Waals surface area contributed by atoms with Crippen molar-refractivity contribution >= 4 is 50.1 Å². The van der Waals surface area contributed by atoms with E-state index in [4.69, 9.17) is 0 Å². The van der Waals surface area contributed by atoms with Gasteiger partial charge in [0.05, 0.1) is 16.3 Å². The van der Waals surface area contributed by atoms with Crippen LogP contribution in [0, 0.1) is 0 Å². The predicted molar refractivity (Wildman–Crippen MR) is 106 cm³/mol. The highest BCUT2D eigenvalue weighted by Gasteiger charge is 2.23. The molecule has 0 spiro atoms. The van der Waals surface area contributed by atoms with Gasteiger partial charge in [0.1, 0.15) is 15.7 Å². The third-order valence-corrected chi connectivity index (χ3v) is 6.84. The molecule has 4 aromatic rings. The maximum absolute atomic E-state index is 12.8. The number of thiazole rings is 2. The Balaban J connectivity index is 1.57. The first-order chi connectivity index (χ1) is 12.1. The second-order valence-electron chi connectivity index (χ2n) is 5.66. The normalized spacial score (nSPS) is 12.4. The van der Waals surface area contributed by atoms with Crippen molar-refractivity contribution in [3.05, 3.63) is 57.2 Å². The number of hydrogen-bond donors (Lipinski definition) is 0. The lowest BCUT2D eigenvalue weighted by Crippen LogP contribution is -2.29. The van der Waals surface area contributed by atoms with Crippen LogP contribution in [0.15, 0.2) is 46.5 Å². The van der Waals surface area contributed by atoms with E-state index in [2.05, 4.69) is 16.0 Å². The Morgan fingerprint density at radius 1 is 1.16 bits per heavy atom. The van der Waals surface area contributed by atoms with Crippen molar-refractivity contribution in [3.8, 4) is 10.6 Å². The van der Waals surface area contributed by atoms with E-state index in [1.165, 1.54) is 11.3 Å². The number of fused-ring (bicyclic) bond motifs is 1. The largest absolute Gasteiger partial charge is 0.331 e. The lowest BCUT2D eigenvalue weighted by atomic mass is 10.3. The van der Waals surface area contributed by atoms with Crippen molar-refractivity contribution < 1.29 is 4.79 Å². The highest BCUT2D eigenvalue weighted by molar-refractivity contribution is 7.18. The Morgan fingerprint density at radius 2 is 2.00 bits per heavy atom. The second-order valence-corrected chi connectivity index (χ2v) is 8.36. The molecule has 0 radical (unpaired) electrons. The number of benzene rings is 1. The minimum atomic E-state index is -0.101. The highest BCUT2D eigenvalue weighted by Crippen LogP contribution is 2.30. The number of hydrogen-bond acceptors (Lipinski definition) is 6. The first-order valence-corrected chi connectivity index (χ1v) is 10.4. The number of amides is 1. The average molecular weight is 386 g/mol. The number of nitrogens with zero attached hydrogens (tertiary/aromatic N) is 3. The van der Waals surface area contributed by atoms with Gasteiger partial charge in [0, 0.05) is 23.4 Å². The highest BCUT2D eigenvalue weighted by atomic mass is 32.1. The van der Waals surface area contributed by atoms with Crippen molar-refractivity contribution in [2.75, 3.05) is 7.05 Å². The Bertz CT molecular complexity index is 986. The van der Waals surface area contributed by atoms with E-state index < -0.39 is 0 Å². The van der Waals surface area contributed by atoms with Gasteiger partial charge in [-0.25, -0.2) is 9.97 Å². The lowest BCUT2D eigenvalue weighted by Gasteiger charge is -2.22. The van der Waals surface area contributed by atoms with Crippen LogP contribution >= 0.6 is 34.0 Å². The van der Waals surface area contributed by atoms with E-state index >= 15 is 0 Å². The Labute approximate surface area is 157 Å². The monoisotopic (exact) mass is 385 g/mol. The first-order valence-electron chi connectivity index (χ1n) is 7.74. The fourth-order valence-electron chi connectivity index (χ4n) is 2.48. The minimum absolute atomic E-state index is 0.0792. The van der Waals surface area contributed by atoms with Crippen LogP contribution in [0.4, 0.5) is 0 Å². The van der Waals surface area contributed by atoms with Gasteiger partial charge in [-0.3, -0.25) is 4.79 Å². The van der Waals surface area contributed by atoms with Crippen LogP contribution in [-0.2, 0) is 0 Å². The molecule has 3 heterocycles. The number of aromatic nitrogens is 2. The Hall–Kier alpha value is -2.09. The van der Waals surface area contributed by atoms with Gasteiger partial charge >= 0.3 is 0 Å². The molecular weight excluding hydrogens is 370 g/mol. The van der Waals surface area contributed by atoms with E-state index in [0.717, 1.165) is 25.8 Å². The molecule has 0 aliphatic heterocycles. The number of thiophene rings is 1. The number of para-hydroxylation sites is 1. The van der Waals surface area contributed by atoms with Gasteiger partial charge in [0.25, 0.3) is 5.91 Å². The molecule has 1 amide bonds. The van der Waals surface area contributed by atoms with Crippen LogP contribution in [-0.4, -0.2) is 27.8 Å². The van der Waals surface area contributed by atoms with Crippen molar-refractivity contribution in [2.45, 2.75) is 13.0 Å². The van der Waals surface area contributed by atoms with Gasteiger partial charge in [0.15, 0.2) is 0 Å². The number of carbonyl (C=O) groups excluding carboxylic acids is 1. The van der Waals surface area contributed by atoms with Crippen molar-refractivity contribution in [1.82, 2.24) is 14.9 Å². The van der Waals surface area contributed by atoms with E-state index in [1.807, 2.05) is 54.4 Å². The van der Waals surface area contributed by atoms with Gasteiger partial charge in [-0.1, -0.05) is 12.1 Å². The molecule has 126 valence electrons. The smallest absolute Gasteiger partial charge is 0.273 e. The summed E-state index contributed by atoms with van der Waals surface area (Å²) in [5.41, 5.74) is 2.53. The summed E-state index contributed by atoms with van der Waals surface area (Å²) in [7, 11) is 1.81. The van der Waals surface area contributed by atoms with Gasteiger partial charge in [-0.05, 0) is 30.5 Å². The predicted octanol–water partition coefficient (Wildman–Crippen LogP) is 5.31. The molecule has 1 atom stereocenters. The zero-order chi connectivity index (χ0) is 17.4. The maximum atomic E-state index is 12.8. The van der Waals surface area contributed by atoms with Crippen LogP contribution in [0.3, 0.4) is 0 Å². The molecule has 4 nitrogen and oxygen atoms in total. The third kappa shape index (κ3) is 3.10. The average Bonchev–Trinajstić information content (AvgIpc) is 3.38. The fraction of sp³-hybridized carbons (Fsp3) is 0.167.